The highest BCUT2D eigenvalue weighted by atomic mass is 14.9. The quantitative estimate of drug-likeness (QED) is 0.758. The van der Waals surface area contributed by atoms with Gasteiger partial charge >= 0.3 is 0 Å². The maximum absolute atomic E-state index is 3.73. The first-order chi connectivity index (χ1) is 7.65. The molecule has 0 spiro atoms. The van der Waals surface area contributed by atoms with Gasteiger partial charge in [0, 0.05) is 6.04 Å². The molecule has 1 aromatic rings. The van der Waals surface area contributed by atoms with E-state index in [1.807, 2.05) is 0 Å². The van der Waals surface area contributed by atoms with Crippen LogP contribution in [0.1, 0.15) is 50.8 Å². The number of fused-ring (bicyclic) bond motifs is 1. The van der Waals surface area contributed by atoms with E-state index in [4.69, 9.17) is 0 Å². The van der Waals surface area contributed by atoms with Crippen molar-refractivity contribution < 1.29 is 0 Å². The number of nitrogens with one attached hydrogen (secondary N) is 1. The minimum absolute atomic E-state index is 0.359. The summed E-state index contributed by atoms with van der Waals surface area (Å²) >= 11 is 0. The largest absolute Gasteiger partial charge is 0.309 e. The minimum atomic E-state index is 0.359. The Balaban J connectivity index is 2.15. The van der Waals surface area contributed by atoms with Crippen molar-refractivity contribution in [2.24, 2.45) is 5.41 Å². The van der Waals surface area contributed by atoms with Gasteiger partial charge in [-0.3, -0.25) is 0 Å². The lowest BCUT2D eigenvalue weighted by atomic mass is 9.85. The van der Waals surface area contributed by atoms with Crippen LogP contribution < -0.4 is 5.32 Å². The van der Waals surface area contributed by atoms with E-state index >= 15 is 0 Å². The van der Waals surface area contributed by atoms with Gasteiger partial charge < -0.3 is 5.32 Å². The van der Waals surface area contributed by atoms with E-state index in [1.54, 1.807) is 0 Å². The summed E-state index contributed by atoms with van der Waals surface area (Å²) in [5.74, 6) is 0. The molecule has 1 aromatic carbocycles. The van der Waals surface area contributed by atoms with Crippen molar-refractivity contribution in [3.05, 3.63) is 35.4 Å². The number of unbranched alkanes of at least 4 members (excludes halogenated alkanes) is 1. The van der Waals surface area contributed by atoms with Crippen LogP contribution >= 0.6 is 0 Å². The third-order valence-electron chi connectivity index (χ3n) is 3.67. The van der Waals surface area contributed by atoms with Crippen molar-refractivity contribution >= 4 is 0 Å². The molecule has 0 saturated heterocycles. The van der Waals surface area contributed by atoms with Crippen molar-refractivity contribution in [1.82, 2.24) is 5.32 Å². The summed E-state index contributed by atoms with van der Waals surface area (Å²) in [7, 11) is 0. The molecular weight excluding hydrogens is 194 g/mol. The smallest absolute Gasteiger partial charge is 0.0377 e. The summed E-state index contributed by atoms with van der Waals surface area (Å²) in [4.78, 5) is 0. The standard InChI is InChI=1S/C15H23N/c1-4-5-10-16-14-13-9-7-6-8-12(13)11-15(14,2)3/h6-9,14,16H,4-5,10-11H2,1-3H3. The highest BCUT2D eigenvalue weighted by Crippen LogP contribution is 2.44. The van der Waals surface area contributed by atoms with Crippen LogP contribution in [0.15, 0.2) is 24.3 Å². The van der Waals surface area contributed by atoms with Crippen molar-refractivity contribution in [3.63, 3.8) is 0 Å². The topological polar surface area (TPSA) is 12.0 Å². The van der Waals surface area contributed by atoms with Crippen LogP contribution in [0.5, 0.6) is 0 Å². The Kier molecular flexibility index (Phi) is 3.34. The van der Waals surface area contributed by atoms with Gasteiger partial charge in [0.25, 0.3) is 0 Å². The third-order valence-corrected chi connectivity index (χ3v) is 3.67. The fourth-order valence-electron chi connectivity index (χ4n) is 2.80. The zero-order valence-electron chi connectivity index (χ0n) is 10.7. The molecule has 1 aliphatic rings. The van der Waals surface area contributed by atoms with Gasteiger partial charge in [-0.1, -0.05) is 51.5 Å². The summed E-state index contributed by atoms with van der Waals surface area (Å²) in [5.41, 5.74) is 3.40. The number of hydrogen-bond acceptors (Lipinski definition) is 1. The zero-order chi connectivity index (χ0) is 11.6. The lowest BCUT2D eigenvalue weighted by molar-refractivity contribution is 0.269. The normalized spacial score (nSPS) is 22.1. The van der Waals surface area contributed by atoms with E-state index in [-0.39, 0.29) is 0 Å². The van der Waals surface area contributed by atoms with Gasteiger partial charge in [0.05, 0.1) is 0 Å². The van der Waals surface area contributed by atoms with Gasteiger partial charge in [0.2, 0.25) is 0 Å². The molecule has 0 heterocycles. The maximum atomic E-state index is 3.73. The average Bonchev–Trinajstić information content (AvgIpc) is 2.50. The number of rotatable bonds is 4. The van der Waals surface area contributed by atoms with E-state index in [9.17, 15) is 0 Å². The van der Waals surface area contributed by atoms with Gasteiger partial charge in [0.1, 0.15) is 0 Å². The van der Waals surface area contributed by atoms with Crippen LogP contribution in [0.3, 0.4) is 0 Å². The summed E-state index contributed by atoms with van der Waals surface area (Å²) in [5, 5.41) is 3.73. The van der Waals surface area contributed by atoms with Gasteiger partial charge in [-0.25, -0.2) is 0 Å². The molecule has 1 atom stereocenters. The fraction of sp³-hybridized carbons (Fsp3) is 0.600. The van der Waals surface area contributed by atoms with Crippen LogP contribution in [0.25, 0.3) is 0 Å². The Bertz CT molecular complexity index is 354. The molecule has 1 unspecified atom stereocenters. The molecule has 1 heteroatoms. The second-order valence-corrected chi connectivity index (χ2v) is 5.60. The average molecular weight is 217 g/mol. The Hall–Kier alpha value is -0.820. The minimum Gasteiger partial charge on any atom is -0.309 e. The first kappa shape index (κ1) is 11.7. The van der Waals surface area contributed by atoms with E-state index < -0.39 is 0 Å². The van der Waals surface area contributed by atoms with Crippen LogP contribution in [-0.4, -0.2) is 6.54 Å². The third kappa shape index (κ3) is 2.15. The van der Waals surface area contributed by atoms with Gasteiger partial charge in [-0.05, 0) is 35.9 Å². The Labute approximate surface area is 99.3 Å². The molecule has 0 bridgehead atoms. The Morgan fingerprint density at radius 1 is 1.31 bits per heavy atom. The lowest BCUT2D eigenvalue weighted by Gasteiger charge is -2.28. The van der Waals surface area contributed by atoms with Crippen molar-refractivity contribution in [1.29, 1.82) is 0 Å². The molecular formula is C15H23N. The predicted molar refractivity (Wildman–Crippen MR) is 69.6 cm³/mol. The number of benzene rings is 1. The van der Waals surface area contributed by atoms with E-state index in [1.165, 1.54) is 30.4 Å². The van der Waals surface area contributed by atoms with Gasteiger partial charge in [-0.2, -0.15) is 0 Å². The van der Waals surface area contributed by atoms with Crippen LogP contribution in [0.4, 0.5) is 0 Å². The lowest BCUT2D eigenvalue weighted by Crippen LogP contribution is -2.31. The molecule has 0 saturated carbocycles. The molecule has 0 aliphatic heterocycles. The van der Waals surface area contributed by atoms with Gasteiger partial charge in [-0.15, -0.1) is 0 Å². The second kappa shape index (κ2) is 4.58. The van der Waals surface area contributed by atoms with Crippen LogP contribution in [-0.2, 0) is 6.42 Å². The van der Waals surface area contributed by atoms with Crippen molar-refractivity contribution in [2.75, 3.05) is 6.54 Å². The van der Waals surface area contributed by atoms with Gasteiger partial charge in [0.15, 0.2) is 0 Å². The summed E-state index contributed by atoms with van der Waals surface area (Å²) in [6, 6.07) is 9.42. The summed E-state index contributed by atoms with van der Waals surface area (Å²) < 4.78 is 0. The monoisotopic (exact) mass is 217 g/mol. The maximum Gasteiger partial charge on any atom is 0.0377 e. The Morgan fingerprint density at radius 3 is 2.81 bits per heavy atom. The Morgan fingerprint density at radius 2 is 2.06 bits per heavy atom. The molecule has 16 heavy (non-hydrogen) atoms. The molecule has 0 aromatic heterocycles. The molecule has 0 radical (unpaired) electrons. The van der Waals surface area contributed by atoms with E-state index in [0.29, 0.717) is 11.5 Å². The fourth-order valence-corrected chi connectivity index (χ4v) is 2.80. The van der Waals surface area contributed by atoms with E-state index in [2.05, 4.69) is 50.4 Å². The van der Waals surface area contributed by atoms with E-state index in [0.717, 1.165) is 6.54 Å². The van der Waals surface area contributed by atoms with Crippen LogP contribution in [0.2, 0.25) is 0 Å². The molecule has 0 amide bonds. The first-order valence-corrected chi connectivity index (χ1v) is 6.46. The highest BCUT2D eigenvalue weighted by Gasteiger charge is 2.37. The summed E-state index contributed by atoms with van der Waals surface area (Å²) in [6.07, 6.45) is 3.74. The SMILES string of the molecule is CCCCNC1c2ccccc2CC1(C)C. The molecule has 88 valence electrons. The zero-order valence-corrected chi connectivity index (χ0v) is 10.7. The first-order valence-electron chi connectivity index (χ1n) is 6.46. The second-order valence-electron chi connectivity index (χ2n) is 5.60. The van der Waals surface area contributed by atoms with Crippen molar-refractivity contribution in [3.8, 4) is 0 Å². The highest BCUT2D eigenvalue weighted by molar-refractivity contribution is 5.37. The van der Waals surface area contributed by atoms with Crippen molar-refractivity contribution in [2.45, 2.75) is 46.1 Å². The summed E-state index contributed by atoms with van der Waals surface area (Å²) in [6.45, 7) is 8.13. The molecule has 1 nitrogen and oxygen atoms in total. The molecule has 1 N–H and O–H groups in total. The molecule has 1 aliphatic carbocycles. The molecule has 0 fully saturated rings. The van der Waals surface area contributed by atoms with Crippen LogP contribution in [0, 0.1) is 5.41 Å². The molecule has 2 rings (SSSR count). The predicted octanol–water partition coefficient (Wildman–Crippen LogP) is 3.70. The number of hydrogen-bond donors (Lipinski definition) is 1.